The lowest BCUT2D eigenvalue weighted by atomic mass is 9.96. The summed E-state index contributed by atoms with van der Waals surface area (Å²) in [5.74, 6) is 0.889. The summed E-state index contributed by atoms with van der Waals surface area (Å²) in [5.41, 5.74) is 7.31. The number of amides is 1. The van der Waals surface area contributed by atoms with Crippen molar-refractivity contribution in [1.82, 2.24) is 10.2 Å². The number of aliphatic imine (C=N–C) groups is 1. The zero-order valence-corrected chi connectivity index (χ0v) is 16.6. The van der Waals surface area contributed by atoms with E-state index in [1.807, 2.05) is 0 Å². The number of nitrogens with two attached hydrogens (primary N) is 1. The molecule has 3 rings (SSSR count). The van der Waals surface area contributed by atoms with Crippen LogP contribution in [0.25, 0.3) is 0 Å². The fourth-order valence-corrected chi connectivity index (χ4v) is 3.70. The molecule has 1 aromatic carbocycles. The number of hydrogen-bond acceptors (Lipinski definition) is 7. The molecule has 2 aliphatic rings. The summed E-state index contributed by atoms with van der Waals surface area (Å²) in [4.78, 5) is 19.6. The minimum absolute atomic E-state index is 0.0638. The normalized spacial score (nSPS) is 25.2. The van der Waals surface area contributed by atoms with Gasteiger partial charge in [0, 0.05) is 37.0 Å². The lowest BCUT2D eigenvalue weighted by Crippen LogP contribution is -2.38. The molecule has 29 heavy (non-hydrogen) atoms. The second-order valence-corrected chi connectivity index (χ2v) is 6.96. The van der Waals surface area contributed by atoms with Gasteiger partial charge in [0.1, 0.15) is 17.6 Å². The highest BCUT2D eigenvalue weighted by atomic mass is 16.5. The van der Waals surface area contributed by atoms with Crippen LogP contribution in [-0.4, -0.2) is 50.5 Å². The van der Waals surface area contributed by atoms with E-state index < -0.39 is 0 Å². The van der Waals surface area contributed by atoms with Crippen LogP contribution < -0.4 is 15.8 Å². The molecule has 2 bridgehead atoms. The Morgan fingerprint density at radius 1 is 1.31 bits per heavy atom. The van der Waals surface area contributed by atoms with Gasteiger partial charge in [-0.2, -0.15) is 5.26 Å². The summed E-state index contributed by atoms with van der Waals surface area (Å²) in [7, 11) is 3.11. The molecular formula is C21H25N5O3. The van der Waals surface area contributed by atoms with E-state index in [-0.39, 0.29) is 17.9 Å². The summed E-state index contributed by atoms with van der Waals surface area (Å²) in [6, 6.07) is 7.16. The molecule has 152 valence electrons. The molecule has 0 radical (unpaired) electrons. The van der Waals surface area contributed by atoms with E-state index in [1.165, 1.54) is 0 Å². The minimum atomic E-state index is -0.174. The van der Waals surface area contributed by atoms with Gasteiger partial charge in [0.25, 0.3) is 5.91 Å². The number of carbonyl (C=O) groups excluding carboxylic acids is 1. The fraction of sp³-hybridized carbons (Fsp3) is 0.381. The molecule has 1 saturated heterocycles. The second-order valence-electron chi connectivity index (χ2n) is 6.96. The number of fused-ring (bicyclic) bond motifs is 3. The second kappa shape index (κ2) is 9.15. The lowest BCUT2D eigenvalue weighted by Gasteiger charge is -2.27. The molecule has 1 aromatic rings. The maximum absolute atomic E-state index is 13.3. The summed E-state index contributed by atoms with van der Waals surface area (Å²) in [6.45, 7) is 0.882. The average molecular weight is 395 g/mol. The fourth-order valence-electron chi connectivity index (χ4n) is 3.70. The van der Waals surface area contributed by atoms with E-state index >= 15 is 0 Å². The molecule has 0 aliphatic carbocycles. The van der Waals surface area contributed by atoms with Gasteiger partial charge >= 0.3 is 0 Å². The molecular weight excluding hydrogens is 370 g/mol. The van der Waals surface area contributed by atoms with E-state index in [1.54, 1.807) is 55.9 Å². The summed E-state index contributed by atoms with van der Waals surface area (Å²) in [6.07, 6.45) is 6.44. The number of nitrogens with one attached hydrogen (secondary N) is 1. The van der Waals surface area contributed by atoms with E-state index in [2.05, 4.69) is 16.4 Å². The highest BCUT2D eigenvalue weighted by Gasteiger charge is 2.31. The third kappa shape index (κ3) is 4.51. The first-order valence-corrected chi connectivity index (χ1v) is 9.42. The van der Waals surface area contributed by atoms with Crippen molar-refractivity contribution in [2.45, 2.75) is 18.9 Å². The van der Waals surface area contributed by atoms with E-state index in [0.717, 1.165) is 12.8 Å². The predicted octanol–water partition coefficient (Wildman–Crippen LogP) is 2.07. The molecule has 2 unspecified atom stereocenters. The third-order valence-electron chi connectivity index (χ3n) is 5.18. The molecule has 2 atom stereocenters. The number of hydrogen-bond donors (Lipinski definition) is 2. The Labute approximate surface area is 170 Å². The molecule has 8 nitrogen and oxygen atoms in total. The lowest BCUT2D eigenvalue weighted by molar-refractivity contribution is 0.0729. The van der Waals surface area contributed by atoms with Gasteiger partial charge in [0.15, 0.2) is 0 Å². The van der Waals surface area contributed by atoms with Gasteiger partial charge in [0.2, 0.25) is 0 Å². The Bertz CT molecular complexity index is 900. The van der Waals surface area contributed by atoms with Gasteiger partial charge < -0.3 is 25.4 Å². The number of methoxy groups -OCH3 is 2. The van der Waals surface area contributed by atoms with Crippen molar-refractivity contribution in [1.29, 1.82) is 5.26 Å². The Balaban J connectivity index is 1.98. The summed E-state index contributed by atoms with van der Waals surface area (Å²) in [5, 5.41) is 12.5. The number of nitriles is 1. The monoisotopic (exact) mass is 395 g/mol. The number of ether oxygens (including phenoxy) is 2. The summed E-state index contributed by atoms with van der Waals surface area (Å²) < 4.78 is 10.8. The number of likely N-dealkylation sites (tertiary alicyclic amines) is 1. The molecule has 1 fully saturated rings. The number of rotatable bonds is 3. The Morgan fingerprint density at radius 3 is 2.83 bits per heavy atom. The van der Waals surface area contributed by atoms with Gasteiger partial charge in [-0.05, 0) is 31.1 Å². The van der Waals surface area contributed by atoms with Crippen molar-refractivity contribution in [3.63, 3.8) is 0 Å². The topological polar surface area (TPSA) is 113 Å². The summed E-state index contributed by atoms with van der Waals surface area (Å²) >= 11 is 0. The van der Waals surface area contributed by atoms with Crippen LogP contribution in [0.15, 0.2) is 46.8 Å². The zero-order valence-electron chi connectivity index (χ0n) is 16.6. The Kier molecular flexibility index (Phi) is 6.39. The van der Waals surface area contributed by atoms with E-state index in [0.29, 0.717) is 41.4 Å². The molecule has 3 N–H and O–H groups in total. The number of allylic oxidation sites excluding steroid dienone is 2. The van der Waals surface area contributed by atoms with Crippen LogP contribution in [0, 0.1) is 17.2 Å². The van der Waals surface area contributed by atoms with Gasteiger partial charge in [-0.15, -0.1) is 0 Å². The van der Waals surface area contributed by atoms with E-state index in [4.69, 9.17) is 15.2 Å². The van der Waals surface area contributed by atoms with Crippen molar-refractivity contribution in [2.24, 2.45) is 10.9 Å². The zero-order chi connectivity index (χ0) is 20.8. The molecule has 8 heteroatoms. The van der Waals surface area contributed by atoms with Gasteiger partial charge in [0.05, 0.1) is 37.7 Å². The first-order chi connectivity index (χ1) is 14.1. The van der Waals surface area contributed by atoms with Crippen LogP contribution in [-0.2, 0) is 4.74 Å². The quantitative estimate of drug-likeness (QED) is 0.758. The third-order valence-corrected chi connectivity index (χ3v) is 5.18. The highest BCUT2D eigenvalue weighted by Crippen LogP contribution is 2.30. The number of carbonyl (C=O) groups is 1. The molecule has 2 aliphatic heterocycles. The number of benzene rings is 1. The van der Waals surface area contributed by atoms with Crippen LogP contribution in [0.3, 0.4) is 0 Å². The van der Waals surface area contributed by atoms with Gasteiger partial charge in [-0.25, -0.2) is 0 Å². The van der Waals surface area contributed by atoms with E-state index in [9.17, 15) is 10.1 Å². The van der Waals surface area contributed by atoms with Crippen LogP contribution in [0.2, 0.25) is 0 Å². The maximum Gasteiger partial charge on any atom is 0.256 e. The van der Waals surface area contributed by atoms with Crippen LogP contribution in [0.1, 0.15) is 23.2 Å². The van der Waals surface area contributed by atoms with Crippen LogP contribution in [0.5, 0.6) is 5.75 Å². The van der Waals surface area contributed by atoms with Crippen LogP contribution >= 0.6 is 0 Å². The number of nitrogens with zero attached hydrogens (tertiary/aromatic N) is 3. The number of anilines is 1. The minimum Gasteiger partial charge on any atom is -0.499 e. The standard InChI is InChI=1S/C21H25N5O3/c1-28-17-5-6-18(19(23)9-17)21(27)26-11-15-3-4-16(12-26)25-13-24-8-7-14(10-22)20(15)29-2/h5-9,13,15-16H,3-4,11-12,23H2,1-2H3,(H,24,25)/b8-7-,20-14-. The largest absolute Gasteiger partial charge is 0.499 e. The van der Waals surface area contributed by atoms with Crippen LogP contribution in [0.4, 0.5) is 5.69 Å². The van der Waals surface area contributed by atoms with Crippen molar-refractivity contribution < 1.29 is 14.3 Å². The predicted molar refractivity (Wildman–Crippen MR) is 110 cm³/mol. The van der Waals surface area contributed by atoms with Gasteiger partial charge in [-0.3, -0.25) is 9.79 Å². The molecule has 0 saturated carbocycles. The van der Waals surface area contributed by atoms with Gasteiger partial charge in [-0.1, -0.05) is 0 Å². The van der Waals surface area contributed by atoms with Crippen molar-refractivity contribution in [3.05, 3.63) is 47.4 Å². The smallest absolute Gasteiger partial charge is 0.256 e. The molecule has 0 aromatic heterocycles. The SMILES string of the molecule is CO/C1=C(C#N)/C=C\NC=NC2CCC1CN(C(=O)c1ccc(OC)cc1N)C2. The van der Waals surface area contributed by atoms with Crippen molar-refractivity contribution >= 4 is 17.9 Å². The number of nitrogen functional groups attached to an aromatic ring is 1. The average Bonchev–Trinajstić information content (AvgIpc) is 2.95. The molecule has 1 amide bonds. The molecule has 2 heterocycles. The maximum atomic E-state index is 13.3. The van der Waals surface area contributed by atoms with Crippen molar-refractivity contribution in [2.75, 3.05) is 33.0 Å². The highest BCUT2D eigenvalue weighted by molar-refractivity contribution is 5.99. The Hall–Kier alpha value is -3.47. The Morgan fingerprint density at radius 2 is 2.14 bits per heavy atom. The van der Waals surface area contributed by atoms with Crippen molar-refractivity contribution in [3.8, 4) is 11.8 Å². The first kappa shape index (κ1) is 20.3. The molecule has 0 spiro atoms. The first-order valence-electron chi connectivity index (χ1n) is 9.42.